The van der Waals surface area contributed by atoms with Gasteiger partial charge in [-0.1, -0.05) is 38.3 Å². The molecule has 104 valence electrons. The standard InChI is InChI=1S/C16H25N3/c1-2-3-4-5-7-14-8-10-15(11-9-14)19-13-6-12-18-16(19)17/h8-11H,2-7,12-13H2,1H3,(H2,17,18). The maximum atomic E-state index is 5.94. The largest absolute Gasteiger partial charge is 0.370 e. The van der Waals surface area contributed by atoms with E-state index in [1.807, 2.05) is 0 Å². The molecule has 0 fully saturated rings. The minimum absolute atomic E-state index is 0.655. The molecular formula is C16H25N3. The highest BCUT2D eigenvalue weighted by Crippen LogP contribution is 2.18. The Balaban J connectivity index is 1.91. The van der Waals surface area contributed by atoms with Gasteiger partial charge in [-0.25, -0.2) is 0 Å². The summed E-state index contributed by atoms with van der Waals surface area (Å²) in [6.07, 6.45) is 7.54. The van der Waals surface area contributed by atoms with Crippen molar-refractivity contribution in [2.75, 3.05) is 18.0 Å². The first-order chi connectivity index (χ1) is 9.31. The van der Waals surface area contributed by atoms with Crippen molar-refractivity contribution < 1.29 is 0 Å². The Morgan fingerprint density at radius 2 is 1.95 bits per heavy atom. The SMILES string of the molecule is CCCCCCc1ccc(N2CCCN=C2N)cc1. The number of anilines is 1. The molecule has 0 radical (unpaired) electrons. The Labute approximate surface area is 116 Å². The second-order valence-corrected chi connectivity index (χ2v) is 5.22. The zero-order valence-electron chi connectivity index (χ0n) is 11.9. The van der Waals surface area contributed by atoms with Crippen LogP contribution in [-0.4, -0.2) is 19.0 Å². The number of nitrogens with two attached hydrogens (primary N) is 1. The average Bonchev–Trinajstić information content (AvgIpc) is 2.45. The molecule has 3 nitrogen and oxygen atoms in total. The third-order valence-corrected chi connectivity index (χ3v) is 3.66. The maximum Gasteiger partial charge on any atom is 0.195 e. The number of aliphatic imine (C=N–C) groups is 1. The second kappa shape index (κ2) is 7.17. The van der Waals surface area contributed by atoms with Crippen LogP contribution >= 0.6 is 0 Å². The predicted molar refractivity (Wildman–Crippen MR) is 82.7 cm³/mol. The van der Waals surface area contributed by atoms with Crippen LogP contribution in [-0.2, 0) is 6.42 Å². The van der Waals surface area contributed by atoms with Crippen molar-refractivity contribution in [3.05, 3.63) is 29.8 Å². The van der Waals surface area contributed by atoms with Crippen molar-refractivity contribution in [3.63, 3.8) is 0 Å². The summed E-state index contributed by atoms with van der Waals surface area (Å²) in [5.74, 6) is 0.655. The van der Waals surface area contributed by atoms with Crippen LogP contribution < -0.4 is 10.6 Å². The van der Waals surface area contributed by atoms with E-state index in [1.54, 1.807) is 0 Å². The number of unbranched alkanes of at least 4 members (excludes halogenated alkanes) is 3. The van der Waals surface area contributed by atoms with Crippen molar-refractivity contribution in [1.82, 2.24) is 0 Å². The summed E-state index contributed by atoms with van der Waals surface area (Å²) < 4.78 is 0. The number of nitrogens with zero attached hydrogens (tertiary/aromatic N) is 2. The maximum absolute atomic E-state index is 5.94. The van der Waals surface area contributed by atoms with Crippen LogP contribution in [0.1, 0.15) is 44.6 Å². The molecule has 2 N–H and O–H groups in total. The van der Waals surface area contributed by atoms with Gasteiger partial charge in [0.2, 0.25) is 0 Å². The zero-order chi connectivity index (χ0) is 13.5. The molecule has 0 bridgehead atoms. The summed E-state index contributed by atoms with van der Waals surface area (Å²) >= 11 is 0. The molecular weight excluding hydrogens is 234 g/mol. The third kappa shape index (κ3) is 3.98. The van der Waals surface area contributed by atoms with Crippen LogP contribution in [0.5, 0.6) is 0 Å². The minimum atomic E-state index is 0.655. The quantitative estimate of drug-likeness (QED) is 0.796. The summed E-state index contributed by atoms with van der Waals surface area (Å²) in [5, 5.41) is 0. The topological polar surface area (TPSA) is 41.6 Å². The number of hydrogen-bond acceptors (Lipinski definition) is 3. The van der Waals surface area contributed by atoms with Gasteiger partial charge >= 0.3 is 0 Å². The highest BCUT2D eigenvalue weighted by atomic mass is 15.3. The first-order valence-electron chi connectivity index (χ1n) is 7.47. The van der Waals surface area contributed by atoms with Gasteiger partial charge in [-0.3, -0.25) is 4.99 Å². The molecule has 2 rings (SSSR count). The lowest BCUT2D eigenvalue weighted by atomic mass is 10.1. The van der Waals surface area contributed by atoms with Gasteiger partial charge in [0.15, 0.2) is 5.96 Å². The van der Waals surface area contributed by atoms with E-state index in [2.05, 4.69) is 41.1 Å². The molecule has 0 aromatic heterocycles. The van der Waals surface area contributed by atoms with Crippen LogP contribution in [0.25, 0.3) is 0 Å². The molecule has 0 saturated heterocycles. The molecule has 1 aliphatic rings. The second-order valence-electron chi connectivity index (χ2n) is 5.22. The van der Waals surface area contributed by atoms with Gasteiger partial charge in [-0.05, 0) is 37.0 Å². The van der Waals surface area contributed by atoms with Crippen LogP contribution in [0.2, 0.25) is 0 Å². The summed E-state index contributed by atoms with van der Waals surface area (Å²) in [6.45, 7) is 4.09. The van der Waals surface area contributed by atoms with Gasteiger partial charge < -0.3 is 10.6 Å². The molecule has 0 aliphatic carbocycles. The Bertz CT molecular complexity index is 409. The molecule has 0 amide bonds. The van der Waals surface area contributed by atoms with Crippen molar-refractivity contribution in [1.29, 1.82) is 0 Å². The van der Waals surface area contributed by atoms with Crippen molar-refractivity contribution in [2.24, 2.45) is 10.7 Å². The molecule has 1 aromatic rings. The molecule has 0 unspecified atom stereocenters. The first kappa shape index (κ1) is 13.9. The zero-order valence-corrected chi connectivity index (χ0v) is 11.9. The molecule has 1 heterocycles. The summed E-state index contributed by atoms with van der Waals surface area (Å²) in [6, 6.07) is 8.79. The summed E-state index contributed by atoms with van der Waals surface area (Å²) in [4.78, 5) is 6.40. The summed E-state index contributed by atoms with van der Waals surface area (Å²) in [7, 11) is 0. The fourth-order valence-corrected chi connectivity index (χ4v) is 2.48. The van der Waals surface area contributed by atoms with E-state index in [-0.39, 0.29) is 0 Å². The molecule has 1 aliphatic heterocycles. The van der Waals surface area contributed by atoms with Gasteiger partial charge in [0, 0.05) is 18.8 Å². The van der Waals surface area contributed by atoms with E-state index < -0.39 is 0 Å². The Morgan fingerprint density at radius 3 is 2.63 bits per heavy atom. The summed E-state index contributed by atoms with van der Waals surface area (Å²) in [5.41, 5.74) is 8.53. The van der Waals surface area contributed by atoms with Gasteiger partial charge in [0.05, 0.1) is 0 Å². The fourth-order valence-electron chi connectivity index (χ4n) is 2.48. The number of guanidine groups is 1. The number of rotatable bonds is 6. The van der Waals surface area contributed by atoms with E-state index in [4.69, 9.17) is 5.73 Å². The lowest BCUT2D eigenvalue weighted by molar-refractivity contribution is 0.667. The number of benzene rings is 1. The van der Waals surface area contributed by atoms with Gasteiger partial charge in [-0.2, -0.15) is 0 Å². The monoisotopic (exact) mass is 259 g/mol. The Kier molecular flexibility index (Phi) is 5.25. The van der Waals surface area contributed by atoms with E-state index >= 15 is 0 Å². The van der Waals surface area contributed by atoms with Gasteiger partial charge in [0.1, 0.15) is 0 Å². The average molecular weight is 259 g/mol. The number of hydrogen-bond donors (Lipinski definition) is 1. The highest BCUT2D eigenvalue weighted by Gasteiger charge is 2.13. The molecule has 0 saturated carbocycles. The normalized spacial score (nSPS) is 15.4. The smallest absolute Gasteiger partial charge is 0.195 e. The van der Waals surface area contributed by atoms with E-state index in [0.29, 0.717) is 5.96 Å². The van der Waals surface area contributed by atoms with Crippen LogP contribution in [0.4, 0.5) is 5.69 Å². The fraction of sp³-hybridized carbons (Fsp3) is 0.562. The van der Waals surface area contributed by atoms with E-state index in [1.165, 1.54) is 43.4 Å². The van der Waals surface area contributed by atoms with Crippen molar-refractivity contribution in [2.45, 2.75) is 45.4 Å². The van der Waals surface area contributed by atoms with Crippen LogP contribution in [0.3, 0.4) is 0 Å². The Morgan fingerprint density at radius 1 is 1.16 bits per heavy atom. The Hall–Kier alpha value is -1.51. The third-order valence-electron chi connectivity index (χ3n) is 3.66. The lowest BCUT2D eigenvalue weighted by Crippen LogP contribution is -2.41. The van der Waals surface area contributed by atoms with Gasteiger partial charge in [-0.15, -0.1) is 0 Å². The van der Waals surface area contributed by atoms with Crippen molar-refractivity contribution >= 4 is 11.6 Å². The van der Waals surface area contributed by atoms with Crippen LogP contribution in [0.15, 0.2) is 29.3 Å². The highest BCUT2D eigenvalue weighted by molar-refractivity contribution is 5.95. The molecule has 3 heteroatoms. The van der Waals surface area contributed by atoms with Crippen molar-refractivity contribution in [3.8, 4) is 0 Å². The number of aryl methyl sites for hydroxylation is 1. The lowest BCUT2D eigenvalue weighted by Gasteiger charge is -2.26. The van der Waals surface area contributed by atoms with E-state index in [0.717, 1.165) is 19.5 Å². The molecule has 19 heavy (non-hydrogen) atoms. The molecule has 0 spiro atoms. The minimum Gasteiger partial charge on any atom is -0.370 e. The predicted octanol–water partition coefficient (Wildman–Crippen LogP) is 3.33. The van der Waals surface area contributed by atoms with Gasteiger partial charge in [0.25, 0.3) is 0 Å². The molecule has 1 aromatic carbocycles. The first-order valence-corrected chi connectivity index (χ1v) is 7.47. The van der Waals surface area contributed by atoms with E-state index in [9.17, 15) is 0 Å². The molecule has 0 atom stereocenters. The van der Waals surface area contributed by atoms with Crippen LogP contribution in [0, 0.1) is 0 Å².